The Kier molecular flexibility index (Phi) is 4.54. The molecule has 138 valence electrons. The maximum Gasteiger partial charge on any atom is 0.259 e. The van der Waals surface area contributed by atoms with Crippen molar-refractivity contribution < 1.29 is 4.74 Å². The maximum atomic E-state index is 12.9. The lowest BCUT2D eigenvalue weighted by Gasteiger charge is -2.39. The highest BCUT2D eigenvalue weighted by Gasteiger charge is 2.29. The van der Waals surface area contributed by atoms with Crippen molar-refractivity contribution in [3.8, 4) is 0 Å². The first-order valence-corrected chi connectivity index (χ1v) is 9.29. The van der Waals surface area contributed by atoms with Gasteiger partial charge in [-0.1, -0.05) is 17.7 Å². The SMILES string of the molecule is Cc1ccc(N2CN(CC3CCCO3)Cn3c2nc(C)c(C)c3=O)cc1. The van der Waals surface area contributed by atoms with Gasteiger partial charge in [0.05, 0.1) is 19.4 Å². The Hall–Kier alpha value is -2.18. The molecule has 4 rings (SSSR count). The fourth-order valence-electron chi connectivity index (χ4n) is 3.70. The van der Waals surface area contributed by atoms with Gasteiger partial charge in [0.2, 0.25) is 5.95 Å². The fourth-order valence-corrected chi connectivity index (χ4v) is 3.70. The summed E-state index contributed by atoms with van der Waals surface area (Å²) in [4.78, 5) is 22.0. The molecule has 0 N–H and O–H groups in total. The van der Waals surface area contributed by atoms with Crippen LogP contribution in [0, 0.1) is 20.8 Å². The highest BCUT2D eigenvalue weighted by atomic mass is 16.5. The zero-order chi connectivity index (χ0) is 18.3. The molecule has 6 heteroatoms. The van der Waals surface area contributed by atoms with E-state index >= 15 is 0 Å². The number of aromatic nitrogens is 2. The largest absolute Gasteiger partial charge is 0.377 e. The van der Waals surface area contributed by atoms with Crippen LogP contribution >= 0.6 is 0 Å². The standard InChI is InChI=1S/C20H26N4O2/c1-14-6-8-17(9-7-14)23-12-22(11-18-5-4-10-26-18)13-24-19(25)15(2)16(3)21-20(23)24/h6-9,18H,4-5,10-13H2,1-3H3. The van der Waals surface area contributed by atoms with Crippen molar-refractivity contribution in [2.24, 2.45) is 0 Å². The van der Waals surface area contributed by atoms with E-state index in [0.29, 0.717) is 13.3 Å². The van der Waals surface area contributed by atoms with Gasteiger partial charge in [0.1, 0.15) is 0 Å². The van der Waals surface area contributed by atoms with Crippen molar-refractivity contribution in [3.63, 3.8) is 0 Å². The Labute approximate surface area is 154 Å². The minimum atomic E-state index is 0.0432. The number of hydrogen-bond donors (Lipinski definition) is 0. The highest BCUT2D eigenvalue weighted by Crippen LogP contribution is 2.28. The summed E-state index contributed by atoms with van der Waals surface area (Å²) < 4.78 is 7.60. The van der Waals surface area contributed by atoms with E-state index in [4.69, 9.17) is 9.72 Å². The number of aryl methyl sites for hydroxylation is 2. The molecule has 0 radical (unpaired) electrons. The Morgan fingerprint density at radius 3 is 2.62 bits per heavy atom. The van der Waals surface area contributed by atoms with Crippen LogP contribution in [0.2, 0.25) is 0 Å². The second-order valence-corrected chi connectivity index (χ2v) is 7.39. The lowest BCUT2D eigenvalue weighted by molar-refractivity contribution is 0.0584. The van der Waals surface area contributed by atoms with E-state index in [1.807, 2.05) is 13.8 Å². The molecule has 6 nitrogen and oxygen atoms in total. The molecule has 26 heavy (non-hydrogen) atoms. The van der Waals surface area contributed by atoms with Gasteiger partial charge in [-0.2, -0.15) is 0 Å². The molecule has 1 saturated heterocycles. The quantitative estimate of drug-likeness (QED) is 0.848. The molecule has 0 amide bonds. The molecular weight excluding hydrogens is 328 g/mol. The van der Waals surface area contributed by atoms with E-state index in [1.165, 1.54) is 5.56 Å². The summed E-state index contributed by atoms with van der Waals surface area (Å²) in [5, 5.41) is 0. The van der Waals surface area contributed by atoms with Crippen molar-refractivity contribution >= 4 is 11.6 Å². The van der Waals surface area contributed by atoms with Crippen LogP contribution in [-0.4, -0.2) is 40.4 Å². The summed E-state index contributed by atoms with van der Waals surface area (Å²) in [6.07, 6.45) is 2.47. The van der Waals surface area contributed by atoms with E-state index in [9.17, 15) is 4.79 Å². The molecule has 1 atom stereocenters. The van der Waals surface area contributed by atoms with Crippen LogP contribution in [0.15, 0.2) is 29.1 Å². The van der Waals surface area contributed by atoms with E-state index in [0.717, 1.165) is 48.9 Å². The van der Waals surface area contributed by atoms with Gasteiger partial charge in [-0.3, -0.25) is 19.2 Å². The van der Waals surface area contributed by atoms with Crippen LogP contribution in [0.1, 0.15) is 29.7 Å². The number of rotatable bonds is 3. The summed E-state index contributed by atoms with van der Waals surface area (Å²) in [7, 11) is 0. The van der Waals surface area contributed by atoms with Crippen molar-refractivity contribution in [2.45, 2.75) is 46.4 Å². The number of hydrogen-bond acceptors (Lipinski definition) is 5. The Balaban J connectivity index is 1.74. The maximum absolute atomic E-state index is 12.9. The van der Waals surface area contributed by atoms with E-state index in [-0.39, 0.29) is 11.7 Å². The smallest absolute Gasteiger partial charge is 0.259 e. The van der Waals surface area contributed by atoms with Crippen molar-refractivity contribution in [2.75, 3.05) is 24.7 Å². The monoisotopic (exact) mass is 354 g/mol. The van der Waals surface area contributed by atoms with Crippen molar-refractivity contribution in [1.82, 2.24) is 14.5 Å². The minimum Gasteiger partial charge on any atom is -0.377 e. The summed E-state index contributed by atoms with van der Waals surface area (Å²) in [5.74, 6) is 0.727. The zero-order valence-corrected chi connectivity index (χ0v) is 15.7. The third-order valence-electron chi connectivity index (χ3n) is 5.37. The number of anilines is 2. The average Bonchev–Trinajstić information content (AvgIpc) is 3.14. The van der Waals surface area contributed by atoms with Crippen LogP contribution in [0.3, 0.4) is 0 Å². The molecule has 2 aliphatic rings. The lowest BCUT2D eigenvalue weighted by atomic mass is 10.2. The first-order chi connectivity index (χ1) is 12.5. The van der Waals surface area contributed by atoms with E-state index in [1.54, 1.807) is 4.57 Å². The van der Waals surface area contributed by atoms with Crippen LogP contribution in [0.4, 0.5) is 11.6 Å². The van der Waals surface area contributed by atoms with Gasteiger partial charge >= 0.3 is 0 Å². The van der Waals surface area contributed by atoms with Gasteiger partial charge < -0.3 is 4.74 Å². The predicted molar refractivity (Wildman–Crippen MR) is 102 cm³/mol. The van der Waals surface area contributed by atoms with E-state index < -0.39 is 0 Å². The fraction of sp³-hybridized carbons (Fsp3) is 0.500. The van der Waals surface area contributed by atoms with Gasteiger partial charge in [-0.25, -0.2) is 4.98 Å². The molecular formula is C20H26N4O2. The zero-order valence-electron chi connectivity index (χ0n) is 15.7. The van der Waals surface area contributed by atoms with Crippen LogP contribution in [0.5, 0.6) is 0 Å². The number of ether oxygens (including phenoxy) is 1. The normalized spacial score (nSPS) is 20.4. The predicted octanol–water partition coefficient (Wildman–Crippen LogP) is 2.72. The summed E-state index contributed by atoms with van der Waals surface area (Å²) >= 11 is 0. The van der Waals surface area contributed by atoms with Gasteiger partial charge in [0, 0.05) is 30.1 Å². The Bertz CT molecular complexity index is 853. The third-order valence-corrected chi connectivity index (χ3v) is 5.37. The molecule has 1 fully saturated rings. The highest BCUT2D eigenvalue weighted by molar-refractivity contribution is 5.58. The molecule has 0 bridgehead atoms. The first kappa shape index (κ1) is 17.2. The molecule has 0 spiro atoms. The average molecular weight is 354 g/mol. The molecule has 2 aromatic rings. The molecule has 1 aromatic heterocycles. The van der Waals surface area contributed by atoms with Crippen LogP contribution in [-0.2, 0) is 11.4 Å². The van der Waals surface area contributed by atoms with Crippen LogP contribution in [0.25, 0.3) is 0 Å². The Morgan fingerprint density at radius 1 is 1.15 bits per heavy atom. The molecule has 0 aliphatic carbocycles. The molecule has 1 unspecified atom stereocenters. The summed E-state index contributed by atoms with van der Waals surface area (Å²) in [6, 6.07) is 8.38. The lowest BCUT2D eigenvalue weighted by Crippen LogP contribution is -2.49. The first-order valence-electron chi connectivity index (χ1n) is 9.29. The molecule has 1 aromatic carbocycles. The number of fused-ring (bicyclic) bond motifs is 1. The summed E-state index contributed by atoms with van der Waals surface area (Å²) in [5.41, 5.74) is 3.83. The third kappa shape index (κ3) is 3.15. The second-order valence-electron chi connectivity index (χ2n) is 7.39. The minimum absolute atomic E-state index is 0.0432. The Morgan fingerprint density at radius 2 is 1.92 bits per heavy atom. The molecule has 0 saturated carbocycles. The molecule has 2 aliphatic heterocycles. The van der Waals surface area contributed by atoms with Gasteiger partial charge in [0.25, 0.3) is 5.56 Å². The van der Waals surface area contributed by atoms with E-state index in [2.05, 4.69) is 41.0 Å². The molecule has 3 heterocycles. The van der Waals surface area contributed by atoms with Crippen LogP contribution < -0.4 is 10.5 Å². The van der Waals surface area contributed by atoms with Crippen molar-refractivity contribution in [1.29, 1.82) is 0 Å². The van der Waals surface area contributed by atoms with Gasteiger partial charge in [-0.05, 0) is 45.7 Å². The topological polar surface area (TPSA) is 50.6 Å². The van der Waals surface area contributed by atoms with Gasteiger partial charge in [-0.15, -0.1) is 0 Å². The van der Waals surface area contributed by atoms with Gasteiger partial charge in [0.15, 0.2) is 0 Å². The number of benzene rings is 1. The number of nitrogens with zero attached hydrogens (tertiary/aromatic N) is 4. The second kappa shape index (κ2) is 6.85. The summed E-state index contributed by atoms with van der Waals surface area (Å²) in [6.45, 7) is 8.78. The van der Waals surface area contributed by atoms with Crippen molar-refractivity contribution in [3.05, 3.63) is 51.4 Å².